The normalized spacial score (nSPS) is 35.5. The Morgan fingerprint density at radius 3 is 2.62 bits per heavy atom. The number of carbonyl (C=O) groups is 2. The van der Waals surface area contributed by atoms with E-state index in [0.29, 0.717) is 49.9 Å². The Morgan fingerprint density at radius 1 is 1.08 bits per heavy atom. The highest BCUT2D eigenvalue weighted by atomic mass is 35.5. The van der Waals surface area contributed by atoms with Crippen LogP contribution >= 0.6 is 11.6 Å². The van der Waals surface area contributed by atoms with Gasteiger partial charge in [-0.2, -0.15) is 0 Å². The molecule has 1 saturated carbocycles. The number of likely N-dealkylation sites (tertiary alicyclic amines) is 1. The quantitative estimate of drug-likeness (QED) is 0.400. The number of nitrogens with zero attached hydrogens (tertiary/aromatic N) is 2. The first-order valence-corrected chi connectivity index (χ1v) is 19.3. The molecule has 2 fully saturated rings. The minimum atomic E-state index is -4.02. The Hall–Kier alpha value is -3.08. The molecular weight excluding hydrogens is 650 g/mol. The first kappa shape index (κ1) is 33.4. The van der Waals surface area contributed by atoms with E-state index >= 15 is 0 Å². The number of amides is 2. The topological polar surface area (TPSA) is 116 Å². The van der Waals surface area contributed by atoms with Gasteiger partial charge >= 0.3 is 0 Å². The van der Waals surface area contributed by atoms with Crippen molar-refractivity contribution in [2.75, 3.05) is 38.2 Å². The van der Waals surface area contributed by atoms with E-state index in [1.54, 1.807) is 43.1 Å². The molecule has 0 radical (unpaired) electrons. The van der Waals surface area contributed by atoms with Crippen molar-refractivity contribution >= 4 is 39.1 Å². The van der Waals surface area contributed by atoms with Crippen LogP contribution in [-0.2, 0) is 26.7 Å². The van der Waals surface area contributed by atoms with Crippen LogP contribution in [0.5, 0.6) is 5.75 Å². The van der Waals surface area contributed by atoms with Gasteiger partial charge in [0.15, 0.2) is 0 Å². The lowest BCUT2D eigenvalue weighted by atomic mass is 9.60. The number of carbonyl (C=O) groups excluding carboxylic acids is 2. The zero-order valence-corrected chi connectivity index (χ0v) is 29.5. The van der Waals surface area contributed by atoms with Crippen molar-refractivity contribution in [2.45, 2.75) is 75.1 Å². The van der Waals surface area contributed by atoms with Crippen LogP contribution in [0.25, 0.3) is 0 Å². The van der Waals surface area contributed by atoms with Crippen LogP contribution in [0.2, 0.25) is 5.02 Å². The second-order valence-corrected chi connectivity index (χ2v) is 17.5. The highest BCUT2D eigenvalue weighted by Crippen LogP contribution is 2.51. The zero-order valence-electron chi connectivity index (χ0n) is 28.0. The number of sulfonamides is 1. The van der Waals surface area contributed by atoms with Gasteiger partial charge < -0.3 is 19.6 Å². The standard InChI is InChI=1S/C37H46ClN3O6S/c1-23-6-4-16-37(44,31-14-17-40(3)35(31)43)30-11-8-27(30)20-41-21-36(15-5-7-25-18-28(38)10-12-29(25)36)22-47-33-13-9-26(19-32(33)41)34(42)39-48(45,46)24(23)2/h4,9-10,12-13,16,18-19,23-24,27,30-31,44H,5-8,11,14-15,17,20-22H2,1-3H3,(H,39,42)/b16-4+/t23-,24+,27-,30+,31+,36-,37+/m0/s1. The zero-order chi connectivity index (χ0) is 34.0. The number of aryl methyl sites for hydroxylation is 1. The van der Waals surface area contributed by atoms with E-state index in [-0.39, 0.29) is 34.6 Å². The number of halogens is 1. The fourth-order valence-electron chi connectivity index (χ4n) is 8.93. The third-order valence-electron chi connectivity index (χ3n) is 12.2. The second kappa shape index (κ2) is 12.4. The minimum absolute atomic E-state index is 0.0523. The predicted octanol–water partition coefficient (Wildman–Crippen LogP) is 5.09. The minimum Gasteiger partial charge on any atom is -0.490 e. The number of rotatable bonds is 1. The summed E-state index contributed by atoms with van der Waals surface area (Å²) in [5, 5.41) is 12.4. The van der Waals surface area contributed by atoms with Crippen LogP contribution in [0, 0.1) is 23.7 Å². The Balaban J connectivity index is 1.34. The summed E-state index contributed by atoms with van der Waals surface area (Å²) in [4.78, 5) is 30.9. The van der Waals surface area contributed by atoms with Gasteiger partial charge in [-0.3, -0.25) is 9.59 Å². The SMILES string of the molecule is C[C@@H]1[C@@H](C)C/C=C/[C@](O)([C@@H]2CCN(C)C2=O)[C@@H]2CC[C@H]2CN2C[C@@]3(CCCc4cc(Cl)ccc43)COc3ccc(cc32)C(=O)NS1(=O)=O. The van der Waals surface area contributed by atoms with Crippen LogP contribution in [0.4, 0.5) is 5.69 Å². The summed E-state index contributed by atoms with van der Waals surface area (Å²) in [5.41, 5.74) is 1.70. The molecule has 2 bridgehead atoms. The molecule has 1 saturated heterocycles. The Bertz CT molecular complexity index is 1760. The molecule has 3 heterocycles. The molecule has 3 aliphatic heterocycles. The molecule has 2 aromatic rings. The molecule has 2 N–H and O–H groups in total. The fraction of sp³-hybridized carbons (Fsp3) is 0.568. The maximum absolute atomic E-state index is 13.5. The maximum Gasteiger partial charge on any atom is 0.264 e. The first-order chi connectivity index (χ1) is 22.8. The van der Waals surface area contributed by atoms with Gasteiger partial charge in [-0.05, 0) is 111 Å². The summed E-state index contributed by atoms with van der Waals surface area (Å²) in [6.07, 6.45) is 9.11. The van der Waals surface area contributed by atoms with E-state index in [0.717, 1.165) is 37.8 Å². The summed E-state index contributed by atoms with van der Waals surface area (Å²) in [7, 11) is -2.23. The molecule has 11 heteroatoms. The molecule has 0 unspecified atom stereocenters. The molecule has 258 valence electrons. The van der Waals surface area contributed by atoms with Gasteiger partial charge in [0.05, 0.1) is 29.1 Å². The third-order valence-corrected chi connectivity index (χ3v) is 14.3. The fourth-order valence-corrected chi connectivity index (χ4v) is 10.4. The highest BCUT2D eigenvalue weighted by molar-refractivity contribution is 7.90. The molecule has 1 spiro atoms. The average molecular weight is 696 g/mol. The molecule has 9 nitrogen and oxygen atoms in total. The van der Waals surface area contributed by atoms with E-state index in [9.17, 15) is 23.1 Å². The Kier molecular flexibility index (Phi) is 8.60. The number of allylic oxidation sites excluding steroid dienone is 1. The van der Waals surface area contributed by atoms with Crippen molar-refractivity contribution in [3.63, 3.8) is 0 Å². The predicted molar refractivity (Wildman–Crippen MR) is 186 cm³/mol. The first-order valence-electron chi connectivity index (χ1n) is 17.3. The van der Waals surface area contributed by atoms with E-state index < -0.39 is 32.7 Å². The Morgan fingerprint density at radius 2 is 1.90 bits per heavy atom. The van der Waals surface area contributed by atoms with Crippen LogP contribution in [0.15, 0.2) is 48.6 Å². The van der Waals surface area contributed by atoms with E-state index in [1.165, 1.54) is 11.1 Å². The molecule has 0 aromatic heterocycles. The number of hydrogen-bond acceptors (Lipinski definition) is 7. The highest BCUT2D eigenvalue weighted by Gasteiger charge is 2.54. The molecule has 7 atom stereocenters. The number of nitrogens with one attached hydrogen (secondary N) is 1. The molecule has 2 amide bonds. The average Bonchev–Trinajstić information content (AvgIpc) is 3.29. The summed E-state index contributed by atoms with van der Waals surface area (Å²) in [6, 6.07) is 11.3. The summed E-state index contributed by atoms with van der Waals surface area (Å²) >= 11 is 6.44. The van der Waals surface area contributed by atoms with Crippen molar-refractivity contribution in [1.29, 1.82) is 0 Å². The lowest BCUT2D eigenvalue weighted by Crippen LogP contribution is -2.56. The monoisotopic (exact) mass is 695 g/mol. The van der Waals surface area contributed by atoms with Gasteiger partial charge in [0, 0.05) is 42.7 Å². The third kappa shape index (κ3) is 5.71. The van der Waals surface area contributed by atoms with Crippen LogP contribution in [0.3, 0.4) is 0 Å². The smallest absolute Gasteiger partial charge is 0.264 e. The van der Waals surface area contributed by atoms with Gasteiger partial charge in [0.1, 0.15) is 5.75 Å². The maximum atomic E-state index is 13.5. The van der Waals surface area contributed by atoms with E-state index in [1.807, 2.05) is 19.1 Å². The van der Waals surface area contributed by atoms with E-state index in [4.69, 9.17) is 16.3 Å². The van der Waals surface area contributed by atoms with E-state index in [2.05, 4.69) is 21.8 Å². The molecule has 2 aliphatic carbocycles. The van der Waals surface area contributed by atoms with Gasteiger partial charge in [0.2, 0.25) is 15.9 Å². The van der Waals surface area contributed by atoms with Crippen molar-refractivity contribution < 1.29 is 27.9 Å². The van der Waals surface area contributed by atoms with Crippen LogP contribution in [-0.4, -0.2) is 74.4 Å². The van der Waals surface area contributed by atoms with Crippen molar-refractivity contribution in [3.05, 3.63) is 70.3 Å². The number of fused-ring (bicyclic) bond motifs is 4. The molecule has 48 heavy (non-hydrogen) atoms. The molecule has 7 rings (SSSR count). The van der Waals surface area contributed by atoms with Crippen LogP contribution in [0.1, 0.15) is 73.9 Å². The van der Waals surface area contributed by atoms with Gasteiger partial charge in [-0.15, -0.1) is 0 Å². The number of ether oxygens (including phenoxy) is 1. The lowest BCUT2D eigenvalue weighted by Gasteiger charge is -2.50. The number of anilines is 1. The summed E-state index contributed by atoms with van der Waals surface area (Å²) in [5.74, 6) is -1.08. The van der Waals surface area contributed by atoms with Crippen molar-refractivity contribution in [3.8, 4) is 5.75 Å². The summed E-state index contributed by atoms with van der Waals surface area (Å²) in [6.45, 7) is 5.68. The number of hydrogen-bond donors (Lipinski definition) is 2. The van der Waals surface area contributed by atoms with Gasteiger partial charge in [-0.25, -0.2) is 13.1 Å². The second-order valence-electron chi connectivity index (χ2n) is 15.0. The lowest BCUT2D eigenvalue weighted by molar-refractivity contribution is -0.143. The van der Waals surface area contributed by atoms with Crippen molar-refractivity contribution in [1.82, 2.24) is 9.62 Å². The number of benzene rings is 2. The summed E-state index contributed by atoms with van der Waals surface area (Å²) < 4.78 is 35.8. The van der Waals surface area contributed by atoms with Gasteiger partial charge in [-0.1, -0.05) is 36.7 Å². The van der Waals surface area contributed by atoms with Crippen molar-refractivity contribution in [2.24, 2.45) is 23.7 Å². The molecule has 2 aromatic carbocycles. The molecular formula is C37H46ClN3O6S. The number of aliphatic hydroxyl groups is 1. The van der Waals surface area contributed by atoms with Gasteiger partial charge in [0.25, 0.3) is 5.91 Å². The Labute approximate surface area is 288 Å². The largest absolute Gasteiger partial charge is 0.490 e. The molecule has 5 aliphatic rings. The van der Waals surface area contributed by atoms with Crippen LogP contribution < -0.4 is 14.4 Å².